The largest absolute Gasteiger partial charge is 0.469 e. The Morgan fingerprint density at radius 1 is 1.11 bits per heavy atom. The summed E-state index contributed by atoms with van der Waals surface area (Å²) < 4.78 is 33.2. The molecule has 27 heavy (non-hydrogen) atoms. The highest BCUT2D eigenvalue weighted by Crippen LogP contribution is 2.18. The fourth-order valence-corrected chi connectivity index (χ4v) is 2.47. The predicted molar refractivity (Wildman–Crippen MR) is 93.6 cm³/mol. The van der Waals surface area contributed by atoms with E-state index in [4.69, 9.17) is 0 Å². The zero-order valence-corrected chi connectivity index (χ0v) is 14.3. The molecule has 1 N–H and O–H groups in total. The number of methoxy groups -OCH3 is 1. The number of halogens is 2. The van der Waals surface area contributed by atoms with Crippen molar-refractivity contribution in [2.24, 2.45) is 0 Å². The number of nitrogens with zero attached hydrogens (tertiary/aromatic N) is 2. The molecule has 0 radical (unpaired) electrons. The van der Waals surface area contributed by atoms with Crippen molar-refractivity contribution in [3.8, 4) is 5.69 Å². The van der Waals surface area contributed by atoms with Gasteiger partial charge in [0.2, 0.25) is 0 Å². The number of ether oxygens (including phenoxy) is 1. The van der Waals surface area contributed by atoms with Gasteiger partial charge in [-0.05, 0) is 35.9 Å². The molecular formula is C19H15F2N3O3. The Morgan fingerprint density at radius 3 is 2.52 bits per heavy atom. The van der Waals surface area contributed by atoms with Crippen LogP contribution in [0.2, 0.25) is 0 Å². The fraction of sp³-hybridized carbons (Fsp3) is 0.105. The van der Waals surface area contributed by atoms with Crippen molar-refractivity contribution in [2.45, 2.75) is 6.42 Å². The molecule has 0 aliphatic heterocycles. The quantitative estimate of drug-likeness (QED) is 0.700. The number of carbonyl (C=O) groups is 2. The lowest BCUT2D eigenvalue weighted by molar-refractivity contribution is -0.139. The molecule has 6 nitrogen and oxygen atoms in total. The molecule has 0 saturated heterocycles. The van der Waals surface area contributed by atoms with Gasteiger partial charge in [-0.15, -0.1) is 0 Å². The average molecular weight is 371 g/mol. The van der Waals surface area contributed by atoms with Crippen LogP contribution >= 0.6 is 0 Å². The van der Waals surface area contributed by atoms with Crippen LogP contribution in [0.1, 0.15) is 16.1 Å². The summed E-state index contributed by atoms with van der Waals surface area (Å²) in [6.07, 6.45) is 1.37. The Morgan fingerprint density at radius 2 is 1.81 bits per heavy atom. The van der Waals surface area contributed by atoms with Crippen LogP contribution in [0, 0.1) is 11.6 Å². The van der Waals surface area contributed by atoms with E-state index in [0.717, 1.165) is 16.8 Å². The third-order valence-corrected chi connectivity index (χ3v) is 3.75. The van der Waals surface area contributed by atoms with E-state index in [1.165, 1.54) is 25.4 Å². The van der Waals surface area contributed by atoms with Gasteiger partial charge < -0.3 is 10.1 Å². The van der Waals surface area contributed by atoms with Gasteiger partial charge in [0, 0.05) is 11.9 Å². The summed E-state index contributed by atoms with van der Waals surface area (Å²) in [6.45, 7) is 0. The van der Waals surface area contributed by atoms with Crippen molar-refractivity contribution in [2.75, 3.05) is 12.4 Å². The number of anilines is 1. The van der Waals surface area contributed by atoms with E-state index in [1.807, 2.05) is 0 Å². The van der Waals surface area contributed by atoms with Crippen LogP contribution in [0.25, 0.3) is 5.69 Å². The number of hydrogen-bond donors (Lipinski definition) is 1. The Kier molecular flexibility index (Phi) is 5.25. The molecule has 0 saturated carbocycles. The molecule has 0 fully saturated rings. The highest BCUT2D eigenvalue weighted by molar-refractivity contribution is 6.02. The first-order valence-corrected chi connectivity index (χ1v) is 7.95. The number of rotatable bonds is 5. The standard InChI is InChI=1S/C19H15F2N3O3/c1-27-17(25)11-12-4-2-5-13(10-12)22-19(26)16-8-9-24(23-16)18-14(20)6-3-7-15(18)21/h2-10H,11H2,1H3,(H,22,26). The van der Waals surface area contributed by atoms with Crippen LogP contribution in [0.3, 0.4) is 0 Å². The molecule has 0 aliphatic rings. The first-order valence-electron chi connectivity index (χ1n) is 7.95. The Labute approximate surface area is 153 Å². The molecule has 8 heteroatoms. The first-order chi connectivity index (χ1) is 13.0. The summed E-state index contributed by atoms with van der Waals surface area (Å²) >= 11 is 0. The number of carbonyl (C=O) groups excluding carboxylic acids is 2. The molecule has 1 aromatic heterocycles. The van der Waals surface area contributed by atoms with E-state index in [1.54, 1.807) is 24.3 Å². The number of esters is 1. The van der Waals surface area contributed by atoms with Gasteiger partial charge in [-0.25, -0.2) is 13.5 Å². The van der Waals surface area contributed by atoms with Crippen molar-refractivity contribution >= 4 is 17.6 Å². The maximum atomic E-state index is 13.8. The van der Waals surface area contributed by atoms with E-state index in [9.17, 15) is 18.4 Å². The Balaban J connectivity index is 1.77. The van der Waals surface area contributed by atoms with Crippen LogP contribution in [-0.4, -0.2) is 28.8 Å². The maximum Gasteiger partial charge on any atom is 0.309 e. The van der Waals surface area contributed by atoms with Crippen LogP contribution in [0.5, 0.6) is 0 Å². The lowest BCUT2D eigenvalue weighted by atomic mass is 10.1. The van der Waals surface area contributed by atoms with E-state index in [2.05, 4.69) is 15.2 Å². The third kappa shape index (κ3) is 4.17. The number of benzene rings is 2. The van der Waals surface area contributed by atoms with Gasteiger partial charge >= 0.3 is 5.97 Å². The average Bonchev–Trinajstić information content (AvgIpc) is 3.11. The molecular weight excluding hydrogens is 356 g/mol. The van der Waals surface area contributed by atoms with Gasteiger partial charge in [-0.2, -0.15) is 5.10 Å². The van der Waals surface area contributed by atoms with Crippen molar-refractivity contribution in [1.29, 1.82) is 0 Å². The summed E-state index contributed by atoms with van der Waals surface area (Å²) in [6, 6.07) is 11.5. The summed E-state index contributed by atoms with van der Waals surface area (Å²) in [5, 5.41) is 6.56. The Hall–Kier alpha value is -3.55. The number of amides is 1. The first kappa shape index (κ1) is 18.2. The smallest absolute Gasteiger partial charge is 0.309 e. The third-order valence-electron chi connectivity index (χ3n) is 3.75. The van der Waals surface area contributed by atoms with Crippen LogP contribution in [-0.2, 0) is 16.0 Å². The Bertz CT molecular complexity index is 981. The minimum atomic E-state index is -0.791. The SMILES string of the molecule is COC(=O)Cc1cccc(NC(=O)c2ccn(-c3c(F)cccc3F)n2)c1. The van der Waals surface area contributed by atoms with Crippen molar-refractivity contribution in [3.05, 3.63) is 77.6 Å². The van der Waals surface area contributed by atoms with E-state index in [-0.39, 0.29) is 17.8 Å². The molecule has 0 spiro atoms. The van der Waals surface area contributed by atoms with Crippen LogP contribution in [0.15, 0.2) is 54.7 Å². The van der Waals surface area contributed by atoms with Gasteiger partial charge in [0.25, 0.3) is 5.91 Å². The predicted octanol–water partition coefficient (Wildman–Crippen LogP) is 3.12. The van der Waals surface area contributed by atoms with Gasteiger partial charge in [0.15, 0.2) is 17.3 Å². The normalized spacial score (nSPS) is 10.5. The molecule has 1 heterocycles. The summed E-state index contributed by atoms with van der Waals surface area (Å²) in [5.74, 6) is -2.54. The molecule has 138 valence electrons. The minimum absolute atomic E-state index is 0.0176. The van der Waals surface area contributed by atoms with Crippen molar-refractivity contribution in [1.82, 2.24) is 9.78 Å². The topological polar surface area (TPSA) is 73.2 Å². The van der Waals surface area contributed by atoms with Crippen molar-refractivity contribution < 1.29 is 23.1 Å². The zero-order chi connectivity index (χ0) is 19.4. The summed E-state index contributed by atoms with van der Waals surface area (Å²) in [7, 11) is 1.29. The minimum Gasteiger partial charge on any atom is -0.469 e. The highest BCUT2D eigenvalue weighted by Gasteiger charge is 2.15. The van der Waals surface area contributed by atoms with E-state index in [0.29, 0.717) is 11.3 Å². The molecule has 0 atom stereocenters. The molecule has 0 bridgehead atoms. The molecule has 3 rings (SSSR count). The molecule has 0 aliphatic carbocycles. The number of hydrogen-bond acceptors (Lipinski definition) is 4. The summed E-state index contributed by atoms with van der Waals surface area (Å²) in [4.78, 5) is 23.7. The molecule has 3 aromatic rings. The van der Waals surface area contributed by atoms with E-state index >= 15 is 0 Å². The fourth-order valence-electron chi connectivity index (χ4n) is 2.47. The highest BCUT2D eigenvalue weighted by atomic mass is 19.1. The molecule has 0 unspecified atom stereocenters. The zero-order valence-electron chi connectivity index (χ0n) is 14.3. The lowest BCUT2D eigenvalue weighted by Gasteiger charge is -2.06. The molecule has 1 amide bonds. The second-order valence-corrected chi connectivity index (χ2v) is 5.62. The van der Waals surface area contributed by atoms with Crippen molar-refractivity contribution in [3.63, 3.8) is 0 Å². The lowest BCUT2D eigenvalue weighted by Crippen LogP contribution is -2.14. The second-order valence-electron chi connectivity index (χ2n) is 5.62. The maximum absolute atomic E-state index is 13.8. The molecule has 2 aromatic carbocycles. The van der Waals surface area contributed by atoms with Gasteiger partial charge in [-0.1, -0.05) is 18.2 Å². The van der Waals surface area contributed by atoms with E-state index < -0.39 is 23.5 Å². The summed E-state index contributed by atoms with van der Waals surface area (Å²) in [5.41, 5.74) is 0.735. The monoisotopic (exact) mass is 371 g/mol. The van der Waals surface area contributed by atoms with Gasteiger partial charge in [0.1, 0.15) is 5.69 Å². The van der Waals surface area contributed by atoms with Crippen LogP contribution in [0.4, 0.5) is 14.5 Å². The van der Waals surface area contributed by atoms with Crippen LogP contribution < -0.4 is 5.32 Å². The number of nitrogens with one attached hydrogen (secondary N) is 1. The number of para-hydroxylation sites is 1. The number of aromatic nitrogens is 2. The second kappa shape index (κ2) is 7.77. The van der Waals surface area contributed by atoms with Gasteiger partial charge in [0.05, 0.1) is 13.5 Å². The van der Waals surface area contributed by atoms with Gasteiger partial charge in [-0.3, -0.25) is 9.59 Å².